The van der Waals surface area contributed by atoms with Crippen LogP contribution in [0.2, 0.25) is 0 Å². The highest BCUT2D eigenvalue weighted by Crippen LogP contribution is 2.36. The zero-order valence-corrected chi connectivity index (χ0v) is 13.3. The highest BCUT2D eigenvalue weighted by molar-refractivity contribution is 4.95. The van der Waals surface area contributed by atoms with Crippen molar-refractivity contribution >= 4 is 0 Å². The number of hydrogen-bond donors (Lipinski definition) is 1. The van der Waals surface area contributed by atoms with Gasteiger partial charge in [0, 0.05) is 31.8 Å². The summed E-state index contributed by atoms with van der Waals surface area (Å²) in [7, 11) is 0. The minimum atomic E-state index is 0.264. The highest BCUT2D eigenvalue weighted by Gasteiger charge is 2.38. The molecule has 2 atom stereocenters. The molecule has 1 aliphatic rings. The summed E-state index contributed by atoms with van der Waals surface area (Å²) in [5.74, 6) is 0.823. The van der Waals surface area contributed by atoms with E-state index in [2.05, 4.69) is 25.7 Å². The van der Waals surface area contributed by atoms with Crippen LogP contribution in [-0.2, 0) is 4.74 Å². The lowest BCUT2D eigenvalue weighted by Crippen LogP contribution is -2.56. The lowest BCUT2D eigenvalue weighted by atomic mass is 9.75. The Morgan fingerprint density at radius 3 is 2.68 bits per heavy atom. The smallest absolute Gasteiger partial charge is 0.0478 e. The standard InChI is InChI=1S/C16H34N2O/c1-4-10-18(11-7-12-19-5-2)16(14-17)9-6-8-15(3)13-16/h15H,4-14,17H2,1-3H3. The fourth-order valence-corrected chi connectivity index (χ4v) is 3.59. The van der Waals surface area contributed by atoms with Crippen LogP contribution in [0.5, 0.6) is 0 Å². The first-order chi connectivity index (χ1) is 9.18. The highest BCUT2D eigenvalue weighted by atomic mass is 16.5. The van der Waals surface area contributed by atoms with Crippen LogP contribution in [-0.4, -0.2) is 43.3 Å². The van der Waals surface area contributed by atoms with Crippen molar-refractivity contribution in [3.63, 3.8) is 0 Å². The molecule has 1 aliphatic carbocycles. The van der Waals surface area contributed by atoms with Crippen molar-refractivity contribution in [3.05, 3.63) is 0 Å². The van der Waals surface area contributed by atoms with Gasteiger partial charge in [0.05, 0.1) is 0 Å². The zero-order chi connectivity index (χ0) is 14.1. The van der Waals surface area contributed by atoms with Gasteiger partial charge >= 0.3 is 0 Å². The van der Waals surface area contributed by atoms with E-state index in [0.29, 0.717) is 0 Å². The molecule has 2 unspecified atom stereocenters. The molecule has 0 aromatic rings. The van der Waals surface area contributed by atoms with E-state index in [4.69, 9.17) is 10.5 Å². The Kier molecular flexibility index (Phi) is 7.96. The normalized spacial score (nSPS) is 27.9. The second-order valence-electron chi connectivity index (χ2n) is 6.17. The number of hydrogen-bond acceptors (Lipinski definition) is 3. The van der Waals surface area contributed by atoms with Gasteiger partial charge in [0.1, 0.15) is 0 Å². The summed E-state index contributed by atoms with van der Waals surface area (Å²) in [4.78, 5) is 2.67. The number of ether oxygens (including phenoxy) is 1. The summed E-state index contributed by atoms with van der Waals surface area (Å²) in [6, 6.07) is 0. The van der Waals surface area contributed by atoms with Crippen LogP contribution < -0.4 is 5.73 Å². The molecule has 0 amide bonds. The van der Waals surface area contributed by atoms with E-state index < -0.39 is 0 Å². The maximum Gasteiger partial charge on any atom is 0.0478 e. The maximum atomic E-state index is 6.19. The Morgan fingerprint density at radius 2 is 2.11 bits per heavy atom. The molecule has 0 bridgehead atoms. The molecule has 114 valence electrons. The van der Waals surface area contributed by atoms with E-state index in [1.807, 2.05) is 0 Å². The van der Waals surface area contributed by atoms with Gasteiger partial charge in [-0.05, 0) is 45.1 Å². The monoisotopic (exact) mass is 270 g/mol. The van der Waals surface area contributed by atoms with Crippen molar-refractivity contribution in [2.45, 2.75) is 64.8 Å². The molecule has 3 nitrogen and oxygen atoms in total. The molecule has 1 fully saturated rings. The predicted molar refractivity (Wildman–Crippen MR) is 82.4 cm³/mol. The van der Waals surface area contributed by atoms with Crippen LogP contribution in [0.25, 0.3) is 0 Å². The van der Waals surface area contributed by atoms with Crippen LogP contribution in [0, 0.1) is 5.92 Å². The first-order valence-corrected chi connectivity index (χ1v) is 8.21. The summed E-state index contributed by atoms with van der Waals surface area (Å²) in [5.41, 5.74) is 6.45. The average Bonchev–Trinajstić information content (AvgIpc) is 2.42. The Labute approximate surface area is 119 Å². The summed E-state index contributed by atoms with van der Waals surface area (Å²) in [5, 5.41) is 0. The van der Waals surface area contributed by atoms with Crippen molar-refractivity contribution in [1.29, 1.82) is 0 Å². The van der Waals surface area contributed by atoms with Gasteiger partial charge in [0.15, 0.2) is 0 Å². The Balaban J connectivity index is 2.59. The summed E-state index contributed by atoms with van der Waals surface area (Å²) >= 11 is 0. The van der Waals surface area contributed by atoms with E-state index in [9.17, 15) is 0 Å². The number of nitrogens with zero attached hydrogens (tertiary/aromatic N) is 1. The fraction of sp³-hybridized carbons (Fsp3) is 1.00. The Morgan fingerprint density at radius 1 is 1.32 bits per heavy atom. The van der Waals surface area contributed by atoms with Gasteiger partial charge in [-0.3, -0.25) is 4.90 Å². The molecule has 0 saturated heterocycles. The van der Waals surface area contributed by atoms with Gasteiger partial charge in [-0.1, -0.05) is 26.7 Å². The van der Waals surface area contributed by atoms with E-state index in [1.54, 1.807) is 0 Å². The van der Waals surface area contributed by atoms with E-state index in [-0.39, 0.29) is 5.54 Å². The summed E-state index contributed by atoms with van der Waals surface area (Å²) in [6.45, 7) is 11.5. The minimum absolute atomic E-state index is 0.264. The molecule has 0 aromatic carbocycles. The maximum absolute atomic E-state index is 6.19. The molecule has 2 N–H and O–H groups in total. The van der Waals surface area contributed by atoms with E-state index in [1.165, 1.54) is 38.6 Å². The summed E-state index contributed by atoms with van der Waals surface area (Å²) in [6.07, 6.45) is 7.61. The van der Waals surface area contributed by atoms with Crippen LogP contribution in [0.4, 0.5) is 0 Å². The first kappa shape index (κ1) is 16.9. The summed E-state index contributed by atoms with van der Waals surface area (Å²) < 4.78 is 5.48. The topological polar surface area (TPSA) is 38.5 Å². The average molecular weight is 270 g/mol. The third kappa shape index (κ3) is 5.05. The molecule has 0 aliphatic heterocycles. The lowest BCUT2D eigenvalue weighted by molar-refractivity contribution is 0.0297. The third-order valence-electron chi connectivity index (χ3n) is 4.53. The van der Waals surface area contributed by atoms with Gasteiger partial charge in [-0.15, -0.1) is 0 Å². The predicted octanol–water partition coefficient (Wildman–Crippen LogP) is 3.03. The lowest BCUT2D eigenvalue weighted by Gasteiger charge is -2.48. The van der Waals surface area contributed by atoms with Crippen molar-refractivity contribution < 1.29 is 4.74 Å². The molecule has 0 aromatic heterocycles. The van der Waals surface area contributed by atoms with Crippen LogP contribution in [0.1, 0.15) is 59.3 Å². The largest absolute Gasteiger partial charge is 0.382 e. The van der Waals surface area contributed by atoms with Crippen molar-refractivity contribution in [3.8, 4) is 0 Å². The molecular formula is C16H34N2O. The quantitative estimate of drug-likeness (QED) is 0.655. The molecule has 19 heavy (non-hydrogen) atoms. The molecular weight excluding hydrogens is 236 g/mol. The van der Waals surface area contributed by atoms with Gasteiger partial charge in [0.25, 0.3) is 0 Å². The van der Waals surface area contributed by atoms with Gasteiger partial charge < -0.3 is 10.5 Å². The molecule has 0 radical (unpaired) electrons. The second-order valence-corrected chi connectivity index (χ2v) is 6.17. The molecule has 1 rings (SSSR count). The van der Waals surface area contributed by atoms with Gasteiger partial charge in [-0.25, -0.2) is 0 Å². The molecule has 3 heteroatoms. The first-order valence-electron chi connectivity index (χ1n) is 8.21. The Hall–Kier alpha value is -0.120. The van der Waals surface area contributed by atoms with Crippen molar-refractivity contribution in [2.24, 2.45) is 11.7 Å². The van der Waals surface area contributed by atoms with Crippen LogP contribution in [0.15, 0.2) is 0 Å². The molecule has 0 spiro atoms. The SMILES string of the molecule is CCCN(CCCOCC)C1(CN)CCCC(C)C1. The fourth-order valence-electron chi connectivity index (χ4n) is 3.59. The van der Waals surface area contributed by atoms with Gasteiger partial charge in [-0.2, -0.15) is 0 Å². The van der Waals surface area contributed by atoms with Crippen molar-refractivity contribution in [1.82, 2.24) is 4.90 Å². The third-order valence-corrected chi connectivity index (χ3v) is 4.53. The number of nitrogens with two attached hydrogens (primary N) is 1. The van der Waals surface area contributed by atoms with Gasteiger partial charge in [0.2, 0.25) is 0 Å². The molecule has 0 heterocycles. The van der Waals surface area contributed by atoms with Crippen LogP contribution in [0.3, 0.4) is 0 Å². The van der Waals surface area contributed by atoms with E-state index >= 15 is 0 Å². The Bertz CT molecular complexity index is 235. The van der Waals surface area contributed by atoms with Crippen molar-refractivity contribution in [2.75, 3.05) is 32.8 Å². The number of rotatable bonds is 9. The van der Waals surface area contributed by atoms with Crippen LogP contribution >= 0.6 is 0 Å². The van der Waals surface area contributed by atoms with E-state index in [0.717, 1.165) is 38.6 Å². The minimum Gasteiger partial charge on any atom is -0.382 e. The zero-order valence-electron chi connectivity index (χ0n) is 13.3. The second kappa shape index (κ2) is 8.93. The molecule has 1 saturated carbocycles.